The van der Waals surface area contributed by atoms with Gasteiger partial charge < -0.3 is 0 Å². The number of carbonyl (C=O) groups excluding carboxylic acids is 2. The van der Waals surface area contributed by atoms with Gasteiger partial charge in [-0.1, -0.05) is 72.3 Å². The summed E-state index contributed by atoms with van der Waals surface area (Å²) in [7, 11) is 0. The number of rotatable bonds is 2. The second-order valence-corrected chi connectivity index (χ2v) is 6.25. The molecule has 0 atom stereocenters. The highest BCUT2D eigenvalue weighted by molar-refractivity contribution is 6.28. The Hall–Kier alpha value is -3.26. The summed E-state index contributed by atoms with van der Waals surface area (Å²) < 4.78 is 0. The molecular formula is C23H16O2. The molecule has 0 spiro atoms. The third-order valence-corrected chi connectivity index (χ3v) is 4.49. The van der Waals surface area contributed by atoms with Crippen molar-refractivity contribution < 1.29 is 9.59 Å². The van der Waals surface area contributed by atoms with E-state index in [1.54, 1.807) is 36.4 Å². The Kier molecular flexibility index (Phi) is 3.66. The molecule has 0 saturated heterocycles. The van der Waals surface area contributed by atoms with Crippen molar-refractivity contribution in [3.8, 4) is 0 Å². The van der Waals surface area contributed by atoms with E-state index < -0.39 is 0 Å². The topological polar surface area (TPSA) is 34.1 Å². The zero-order valence-corrected chi connectivity index (χ0v) is 13.8. The van der Waals surface area contributed by atoms with Gasteiger partial charge >= 0.3 is 0 Å². The highest BCUT2D eigenvalue weighted by atomic mass is 16.1. The molecule has 0 fully saturated rings. The molecule has 0 radical (unpaired) electrons. The lowest BCUT2D eigenvalue weighted by Gasteiger charge is -2.17. The first-order valence-electron chi connectivity index (χ1n) is 8.21. The van der Waals surface area contributed by atoms with Crippen LogP contribution in [0.15, 0.2) is 66.7 Å². The Morgan fingerprint density at radius 1 is 0.600 bits per heavy atom. The number of benzene rings is 3. The first-order chi connectivity index (χ1) is 12.1. The predicted molar refractivity (Wildman–Crippen MR) is 99.9 cm³/mol. The molecule has 0 N–H and O–H groups in total. The number of carbonyl (C=O) groups is 2. The minimum Gasteiger partial charge on any atom is -0.289 e. The van der Waals surface area contributed by atoms with E-state index in [0.29, 0.717) is 22.3 Å². The van der Waals surface area contributed by atoms with Crippen LogP contribution in [-0.4, -0.2) is 11.6 Å². The SMILES string of the molecule is Cc1ccc(C=Cc2ccc3c(c2)C(=O)c2ccccc2C3=O)cc1. The van der Waals surface area contributed by atoms with Gasteiger partial charge in [0.2, 0.25) is 0 Å². The van der Waals surface area contributed by atoms with Crippen molar-refractivity contribution in [1.82, 2.24) is 0 Å². The van der Waals surface area contributed by atoms with Crippen LogP contribution in [0.3, 0.4) is 0 Å². The van der Waals surface area contributed by atoms with Gasteiger partial charge in [0.05, 0.1) is 0 Å². The fraction of sp³-hybridized carbons (Fsp3) is 0.0435. The molecular weight excluding hydrogens is 308 g/mol. The van der Waals surface area contributed by atoms with Gasteiger partial charge in [0.15, 0.2) is 11.6 Å². The predicted octanol–water partition coefficient (Wildman–Crippen LogP) is 4.94. The summed E-state index contributed by atoms with van der Waals surface area (Å²) in [6.45, 7) is 2.05. The largest absolute Gasteiger partial charge is 0.289 e. The Morgan fingerprint density at radius 2 is 1.12 bits per heavy atom. The van der Waals surface area contributed by atoms with Gasteiger partial charge in [-0.2, -0.15) is 0 Å². The molecule has 0 unspecified atom stereocenters. The van der Waals surface area contributed by atoms with Crippen molar-refractivity contribution >= 4 is 23.7 Å². The normalized spacial score (nSPS) is 13.0. The third kappa shape index (κ3) is 2.72. The average Bonchev–Trinajstić information content (AvgIpc) is 2.65. The average molecular weight is 324 g/mol. The Labute approximate surface area is 146 Å². The first-order valence-corrected chi connectivity index (χ1v) is 8.21. The van der Waals surface area contributed by atoms with Crippen LogP contribution in [0.2, 0.25) is 0 Å². The molecule has 1 aliphatic carbocycles. The molecule has 2 nitrogen and oxygen atoms in total. The van der Waals surface area contributed by atoms with Gasteiger partial charge in [0.25, 0.3) is 0 Å². The number of ketones is 2. The van der Waals surface area contributed by atoms with Gasteiger partial charge in [-0.05, 0) is 30.2 Å². The summed E-state index contributed by atoms with van der Waals surface area (Å²) >= 11 is 0. The summed E-state index contributed by atoms with van der Waals surface area (Å²) in [6.07, 6.45) is 3.97. The van der Waals surface area contributed by atoms with E-state index in [0.717, 1.165) is 11.1 Å². The van der Waals surface area contributed by atoms with E-state index in [9.17, 15) is 9.59 Å². The fourth-order valence-electron chi connectivity index (χ4n) is 3.09. The van der Waals surface area contributed by atoms with Crippen LogP contribution < -0.4 is 0 Å². The maximum atomic E-state index is 12.7. The quantitative estimate of drug-likeness (QED) is 0.489. The van der Waals surface area contributed by atoms with Crippen LogP contribution >= 0.6 is 0 Å². The lowest BCUT2D eigenvalue weighted by atomic mass is 9.83. The first kappa shape index (κ1) is 15.3. The molecule has 2 heteroatoms. The molecule has 4 rings (SSSR count). The summed E-state index contributed by atoms with van der Waals surface area (Å²) in [6, 6.07) is 20.7. The minimum absolute atomic E-state index is 0.0840. The molecule has 0 heterocycles. The minimum atomic E-state index is -0.0872. The van der Waals surface area contributed by atoms with Gasteiger partial charge in [-0.3, -0.25) is 9.59 Å². The van der Waals surface area contributed by atoms with Crippen molar-refractivity contribution in [2.24, 2.45) is 0 Å². The molecule has 25 heavy (non-hydrogen) atoms. The van der Waals surface area contributed by atoms with Gasteiger partial charge in [0.1, 0.15) is 0 Å². The Bertz CT molecular complexity index is 1020. The van der Waals surface area contributed by atoms with Gasteiger partial charge in [-0.15, -0.1) is 0 Å². The lowest BCUT2D eigenvalue weighted by Crippen LogP contribution is -2.20. The van der Waals surface area contributed by atoms with Crippen LogP contribution in [-0.2, 0) is 0 Å². The highest BCUT2D eigenvalue weighted by Crippen LogP contribution is 2.28. The molecule has 120 valence electrons. The Balaban J connectivity index is 1.71. The Morgan fingerprint density at radius 3 is 1.80 bits per heavy atom. The van der Waals surface area contributed by atoms with E-state index in [2.05, 4.69) is 31.2 Å². The van der Waals surface area contributed by atoms with Crippen molar-refractivity contribution in [2.75, 3.05) is 0 Å². The van der Waals surface area contributed by atoms with E-state index in [1.807, 2.05) is 18.2 Å². The molecule has 0 bridgehead atoms. The maximum absolute atomic E-state index is 12.7. The van der Waals surface area contributed by atoms with E-state index >= 15 is 0 Å². The molecule has 0 saturated carbocycles. The van der Waals surface area contributed by atoms with E-state index in [4.69, 9.17) is 0 Å². The standard InChI is InChI=1S/C23H16O2/c1-15-6-8-16(9-7-15)10-11-17-12-13-20-21(14-17)23(25)19-5-3-2-4-18(19)22(20)24/h2-14H,1H3. The van der Waals surface area contributed by atoms with Crippen LogP contribution in [0.25, 0.3) is 12.2 Å². The summed E-state index contributed by atoms with van der Waals surface area (Å²) in [5, 5.41) is 0. The van der Waals surface area contributed by atoms with Crippen LogP contribution in [0.1, 0.15) is 48.5 Å². The highest BCUT2D eigenvalue weighted by Gasteiger charge is 2.28. The van der Waals surface area contributed by atoms with Crippen LogP contribution in [0, 0.1) is 6.92 Å². The summed E-state index contributed by atoms with van der Waals surface area (Å²) in [4.78, 5) is 25.3. The fourth-order valence-corrected chi connectivity index (χ4v) is 3.09. The second-order valence-electron chi connectivity index (χ2n) is 6.25. The smallest absolute Gasteiger partial charge is 0.194 e. The lowest BCUT2D eigenvalue weighted by molar-refractivity contribution is 0.0979. The molecule has 0 amide bonds. The van der Waals surface area contributed by atoms with Gasteiger partial charge in [0, 0.05) is 22.3 Å². The van der Waals surface area contributed by atoms with Crippen molar-refractivity contribution in [3.63, 3.8) is 0 Å². The zero-order valence-electron chi connectivity index (χ0n) is 13.8. The molecule has 1 aliphatic rings. The summed E-state index contributed by atoms with van der Waals surface area (Å²) in [5.74, 6) is -0.171. The van der Waals surface area contributed by atoms with E-state index in [1.165, 1.54) is 5.56 Å². The van der Waals surface area contributed by atoms with Gasteiger partial charge in [-0.25, -0.2) is 0 Å². The van der Waals surface area contributed by atoms with Crippen molar-refractivity contribution in [2.45, 2.75) is 6.92 Å². The van der Waals surface area contributed by atoms with Crippen LogP contribution in [0.4, 0.5) is 0 Å². The number of fused-ring (bicyclic) bond motifs is 2. The molecule has 0 aromatic heterocycles. The summed E-state index contributed by atoms with van der Waals surface area (Å²) in [5.41, 5.74) is 5.15. The van der Waals surface area contributed by atoms with Crippen molar-refractivity contribution in [1.29, 1.82) is 0 Å². The number of aryl methyl sites for hydroxylation is 1. The van der Waals surface area contributed by atoms with Crippen molar-refractivity contribution in [3.05, 3.63) is 106 Å². The zero-order chi connectivity index (χ0) is 17.4. The molecule has 3 aromatic rings. The van der Waals surface area contributed by atoms with Crippen LogP contribution in [0.5, 0.6) is 0 Å². The number of hydrogen-bond donors (Lipinski definition) is 0. The molecule has 3 aromatic carbocycles. The molecule has 0 aliphatic heterocycles. The monoisotopic (exact) mass is 324 g/mol. The number of hydrogen-bond acceptors (Lipinski definition) is 2. The third-order valence-electron chi connectivity index (χ3n) is 4.49. The second kappa shape index (κ2) is 5.99. The van der Waals surface area contributed by atoms with E-state index in [-0.39, 0.29) is 11.6 Å². The maximum Gasteiger partial charge on any atom is 0.194 e.